The third-order valence-corrected chi connectivity index (χ3v) is 3.92. The van der Waals surface area contributed by atoms with Crippen molar-refractivity contribution >= 4 is 11.6 Å². The van der Waals surface area contributed by atoms with Gasteiger partial charge in [-0.1, -0.05) is 19.1 Å². The molecular weight excluding hydrogens is 266 g/mol. The molecule has 1 aromatic rings. The summed E-state index contributed by atoms with van der Waals surface area (Å²) in [7, 11) is 0. The molecule has 1 aliphatic rings. The fourth-order valence-corrected chi connectivity index (χ4v) is 2.58. The van der Waals surface area contributed by atoms with Crippen molar-refractivity contribution in [2.24, 2.45) is 5.92 Å². The lowest BCUT2D eigenvalue weighted by Gasteiger charge is -2.34. The minimum atomic E-state index is -0.224. The zero-order valence-electron chi connectivity index (χ0n) is 12.2. The number of anilines is 1. The molecule has 0 bridgehead atoms. The number of carbonyl (C=O) groups excluding carboxylic acids is 1. The molecule has 0 saturated carbocycles. The van der Waals surface area contributed by atoms with Crippen molar-refractivity contribution < 1.29 is 9.90 Å². The summed E-state index contributed by atoms with van der Waals surface area (Å²) in [6.07, 6.45) is 0.931. The maximum atomic E-state index is 12.0. The van der Waals surface area contributed by atoms with E-state index in [0.29, 0.717) is 24.2 Å². The van der Waals surface area contributed by atoms with Crippen LogP contribution in [-0.2, 0) is 4.79 Å². The Labute approximate surface area is 125 Å². The van der Waals surface area contributed by atoms with E-state index in [9.17, 15) is 9.90 Å². The Morgan fingerprint density at radius 2 is 2.29 bits per heavy atom. The minimum Gasteiger partial charge on any atom is -0.393 e. The number of nitrogens with zero attached hydrogens (tertiary/aromatic N) is 2. The van der Waals surface area contributed by atoms with Gasteiger partial charge in [0.1, 0.15) is 6.07 Å². The Kier molecular flexibility index (Phi) is 5.32. The van der Waals surface area contributed by atoms with Crippen LogP contribution in [0, 0.1) is 17.2 Å². The van der Waals surface area contributed by atoms with Gasteiger partial charge in [-0.05, 0) is 24.5 Å². The molecule has 0 radical (unpaired) electrons. The maximum Gasteiger partial charge on any atom is 0.225 e. The number of para-hydroxylation sites is 1. The number of rotatable bonds is 4. The van der Waals surface area contributed by atoms with Crippen LogP contribution in [0.1, 0.15) is 25.3 Å². The first-order valence-corrected chi connectivity index (χ1v) is 7.29. The van der Waals surface area contributed by atoms with Gasteiger partial charge in [-0.2, -0.15) is 5.26 Å². The summed E-state index contributed by atoms with van der Waals surface area (Å²) in [5, 5.41) is 21.5. The number of likely N-dealkylation sites (tertiary alicyclic amines) is 1. The Balaban J connectivity index is 1.82. The number of carbonyl (C=O) groups is 1. The van der Waals surface area contributed by atoms with Crippen LogP contribution in [0.2, 0.25) is 0 Å². The molecule has 2 atom stereocenters. The molecule has 2 rings (SSSR count). The molecule has 2 unspecified atom stereocenters. The number of nitrogens with one attached hydrogen (secondary N) is 1. The Bertz CT molecular complexity index is 539. The molecule has 112 valence electrons. The van der Waals surface area contributed by atoms with Gasteiger partial charge in [0, 0.05) is 26.1 Å². The van der Waals surface area contributed by atoms with Crippen LogP contribution in [0.15, 0.2) is 24.3 Å². The second-order valence-electron chi connectivity index (χ2n) is 5.59. The summed E-state index contributed by atoms with van der Waals surface area (Å²) < 4.78 is 0. The van der Waals surface area contributed by atoms with Gasteiger partial charge in [-0.25, -0.2) is 0 Å². The van der Waals surface area contributed by atoms with Crippen molar-refractivity contribution in [1.29, 1.82) is 5.26 Å². The van der Waals surface area contributed by atoms with E-state index in [1.165, 1.54) is 0 Å². The fraction of sp³-hybridized carbons (Fsp3) is 0.500. The summed E-state index contributed by atoms with van der Waals surface area (Å²) in [4.78, 5) is 14.2. The molecule has 5 heteroatoms. The van der Waals surface area contributed by atoms with Gasteiger partial charge < -0.3 is 15.3 Å². The Morgan fingerprint density at radius 1 is 1.52 bits per heavy atom. The molecule has 0 aliphatic carbocycles. The van der Waals surface area contributed by atoms with Crippen LogP contribution in [0.5, 0.6) is 0 Å². The Morgan fingerprint density at radius 3 is 3.00 bits per heavy atom. The summed E-state index contributed by atoms with van der Waals surface area (Å²) in [6, 6.07) is 9.05. The summed E-state index contributed by atoms with van der Waals surface area (Å²) in [5.41, 5.74) is 1.04. The molecule has 0 spiro atoms. The first-order valence-electron chi connectivity index (χ1n) is 7.29. The first kappa shape index (κ1) is 15.5. The molecule has 1 amide bonds. The van der Waals surface area contributed by atoms with Crippen LogP contribution in [0.3, 0.4) is 0 Å². The molecule has 0 aromatic heterocycles. The van der Waals surface area contributed by atoms with Gasteiger partial charge in [-0.3, -0.25) is 4.79 Å². The summed E-state index contributed by atoms with van der Waals surface area (Å²) >= 11 is 0. The molecule has 2 N–H and O–H groups in total. The number of aliphatic hydroxyl groups is 1. The van der Waals surface area contributed by atoms with E-state index in [1.54, 1.807) is 24.3 Å². The van der Waals surface area contributed by atoms with Crippen LogP contribution >= 0.6 is 0 Å². The predicted molar refractivity (Wildman–Crippen MR) is 80.6 cm³/mol. The molecule has 1 fully saturated rings. The monoisotopic (exact) mass is 287 g/mol. The highest BCUT2D eigenvalue weighted by Crippen LogP contribution is 2.17. The molecule has 1 saturated heterocycles. The van der Waals surface area contributed by atoms with Crippen molar-refractivity contribution in [3.05, 3.63) is 29.8 Å². The number of piperidine rings is 1. The topological polar surface area (TPSA) is 76.4 Å². The van der Waals surface area contributed by atoms with E-state index in [4.69, 9.17) is 5.26 Å². The maximum absolute atomic E-state index is 12.0. The van der Waals surface area contributed by atoms with Gasteiger partial charge in [-0.15, -0.1) is 0 Å². The smallest absolute Gasteiger partial charge is 0.225 e. The average Bonchev–Trinajstić information content (AvgIpc) is 2.49. The summed E-state index contributed by atoms with van der Waals surface area (Å²) in [6.45, 7) is 4.36. The number of hydrogen-bond acceptors (Lipinski definition) is 4. The number of nitriles is 1. The highest BCUT2D eigenvalue weighted by Gasteiger charge is 2.24. The third kappa shape index (κ3) is 4.28. The van der Waals surface area contributed by atoms with Gasteiger partial charge in [0.25, 0.3) is 0 Å². The van der Waals surface area contributed by atoms with Gasteiger partial charge in [0.2, 0.25) is 5.91 Å². The average molecular weight is 287 g/mol. The zero-order valence-corrected chi connectivity index (χ0v) is 12.2. The molecule has 1 heterocycles. The molecule has 5 nitrogen and oxygen atoms in total. The van der Waals surface area contributed by atoms with E-state index >= 15 is 0 Å². The molecule has 1 aromatic carbocycles. The molecule has 21 heavy (non-hydrogen) atoms. The van der Waals surface area contributed by atoms with E-state index in [0.717, 1.165) is 19.5 Å². The second kappa shape index (κ2) is 7.21. The third-order valence-electron chi connectivity index (χ3n) is 3.92. The van der Waals surface area contributed by atoms with E-state index in [-0.39, 0.29) is 17.9 Å². The molecule has 1 aliphatic heterocycles. The lowest BCUT2D eigenvalue weighted by Crippen LogP contribution is -2.42. The highest BCUT2D eigenvalue weighted by atomic mass is 16.3. The minimum absolute atomic E-state index is 0.0866. The van der Waals surface area contributed by atoms with Crippen molar-refractivity contribution in [3.8, 4) is 6.07 Å². The van der Waals surface area contributed by atoms with Gasteiger partial charge in [0.15, 0.2) is 0 Å². The highest BCUT2D eigenvalue weighted by molar-refractivity contribution is 5.92. The number of aliphatic hydroxyl groups excluding tert-OH is 1. The fourth-order valence-electron chi connectivity index (χ4n) is 2.58. The first-order chi connectivity index (χ1) is 10.1. The largest absolute Gasteiger partial charge is 0.393 e. The van der Waals surface area contributed by atoms with E-state index in [2.05, 4.69) is 16.3 Å². The lowest BCUT2D eigenvalue weighted by atomic mass is 9.97. The van der Waals surface area contributed by atoms with Gasteiger partial charge in [0.05, 0.1) is 17.4 Å². The standard InChI is InChI=1S/C16H21N3O2/c1-12-11-19(8-6-15(12)20)9-7-16(21)18-14-5-3-2-4-13(14)10-17/h2-5,12,15,20H,6-9,11H2,1H3,(H,18,21). The van der Waals surface area contributed by atoms with Crippen molar-refractivity contribution in [1.82, 2.24) is 4.90 Å². The van der Waals surface area contributed by atoms with E-state index in [1.807, 2.05) is 6.92 Å². The predicted octanol–water partition coefficient (Wildman–Crippen LogP) is 1.59. The van der Waals surface area contributed by atoms with Crippen LogP contribution < -0.4 is 5.32 Å². The molecular formula is C16H21N3O2. The van der Waals surface area contributed by atoms with Crippen LogP contribution in [-0.4, -0.2) is 41.7 Å². The second-order valence-corrected chi connectivity index (χ2v) is 5.59. The van der Waals surface area contributed by atoms with Crippen LogP contribution in [0.25, 0.3) is 0 Å². The SMILES string of the molecule is CC1CN(CCC(=O)Nc2ccccc2C#N)CCC1O. The van der Waals surface area contributed by atoms with Crippen molar-refractivity contribution in [2.75, 3.05) is 25.0 Å². The van der Waals surface area contributed by atoms with E-state index < -0.39 is 0 Å². The van der Waals surface area contributed by atoms with Crippen molar-refractivity contribution in [3.63, 3.8) is 0 Å². The van der Waals surface area contributed by atoms with Crippen molar-refractivity contribution in [2.45, 2.75) is 25.9 Å². The quantitative estimate of drug-likeness (QED) is 0.881. The normalized spacial score (nSPS) is 22.5. The van der Waals surface area contributed by atoms with Crippen LogP contribution in [0.4, 0.5) is 5.69 Å². The Hall–Kier alpha value is -1.90. The zero-order chi connectivity index (χ0) is 15.2. The lowest BCUT2D eigenvalue weighted by molar-refractivity contribution is -0.116. The van der Waals surface area contributed by atoms with Gasteiger partial charge >= 0.3 is 0 Å². The summed E-state index contributed by atoms with van der Waals surface area (Å²) in [5.74, 6) is 0.164. The number of benzene rings is 1. The number of amides is 1. The number of hydrogen-bond donors (Lipinski definition) is 2.